The molecule has 0 radical (unpaired) electrons. The smallest absolute Gasteiger partial charge is 0.191 e. The predicted octanol–water partition coefficient (Wildman–Crippen LogP) is 2.64. The van der Waals surface area contributed by atoms with E-state index in [1.54, 1.807) is 17.8 Å². The Balaban J connectivity index is 2.27. The number of nitrogens with zero attached hydrogens (tertiary/aromatic N) is 1. The highest BCUT2D eigenvalue weighted by molar-refractivity contribution is 7.98. The molecule has 0 unspecified atom stereocenters. The van der Waals surface area contributed by atoms with E-state index in [4.69, 9.17) is 16.3 Å². The lowest BCUT2D eigenvalue weighted by Crippen LogP contribution is -2.39. The van der Waals surface area contributed by atoms with Crippen molar-refractivity contribution in [3.8, 4) is 5.75 Å². The molecule has 0 saturated carbocycles. The molecule has 0 fully saturated rings. The lowest BCUT2D eigenvalue weighted by molar-refractivity contribution is 0.322. The van der Waals surface area contributed by atoms with Gasteiger partial charge in [0.2, 0.25) is 0 Å². The number of rotatable bonds is 8. The van der Waals surface area contributed by atoms with Gasteiger partial charge >= 0.3 is 0 Å². The molecule has 0 bridgehead atoms. The average molecular weight is 316 g/mol. The van der Waals surface area contributed by atoms with Gasteiger partial charge in [0.1, 0.15) is 12.4 Å². The van der Waals surface area contributed by atoms with Crippen LogP contribution in [-0.2, 0) is 0 Å². The maximum Gasteiger partial charge on any atom is 0.191 e. The van der Waals surface area contributed by atoms with Crippen molar-refractivity contribution in [2.75, 3.05) is 38.2 Å². The van der Waals surface area contributed by atoms with Crippen LogP contribution in [0.1, 0.15) is 6.92 Å². The second kappa shape index (κ2) is 10.7. The molecule has 112 valence electrons. The first-order valence-electron chi connectivity index (χ1n) is 6.65. The molecule has 20 heavy (non-hydrogen) atoms. The number of nitrogens with one attached hydrogen (secondary N) is 2. The summed E-state index contributed by atoms with van der Waals surface area (Å²) in [4.78, 5) is 4.46. The van der Waals surface area contributed by atoms with Crippen molar-refractivity contribution >= 4 is 29.3 Å². The maximum atomic E-state index is 5.89. The van der Waals surface area contributed by atoms with E-state index in [0.29, 0.717) is 18.2 Å². The zero-order valence-electron chi connectivity index (χ0n) is 12.0. The summed E-state index contributed by atoms with van der Waals surface area (Å²) in [6.45, 7) is 4.96. The van der Waals surface area contributed by atoms with Crippen molar-refractivity contribution in [2.24, 2.45) is 4.99 Å². The summed E-state index contributed by atoms with van der Waals surface area (Å²) in [6.07, 6.45) is 2.08. The number of ether oxygens (including phenoxy) is 1. The molecule has 0 aliphatic rings. The van der Waals surface area contributed by atoms with Crippen LogP contribution in [0.5, 0.6) is 5.75 Å². The Morgan fingerprint density at radius 2 is 2.25 bits per heavy atom. The highest BCUT2D eigenvalue weighted by Crippen LogP contribution is 2.16. The summed E-state index contributed by atoms with van der Waals surface area (Å²) >= 11 is 7.68. The van der Waals surface area contributed by atoms with Gasteiger partial charge in [0, 0.05) is 17.3 Å². The molecular formula is C14H22ClN3OS. The third-order valence-corrected chi connectivity index (χ3v) is 3.19. The number of hydrogen-bond donors (Lipinski definition) is 2. The van der Waals surface area contributed by atoms with E-state index in [9.17, 15) is 0 Å². The third kappa shape index (κ3) is 7.50. The van der Waals surface area contributed by atoms with Crippen LogP contribution in [-0.4, -0.2) is 44.2 Å². The zero-order chi connectivity index (χ0) is 14.6. The monoisotopic (exact) mass is 315 g/mol. The Morgan fingerprint density at radius 3 is 2.95 bits per heavy atom. The van der Waals surface area contributed by atoms with Crippen LogP contribution in [0.15, 0.2) is 29.3 Å². The van der Waals surface area contributed by atoms with Crippen molar-refractivity contribution in [1.82, 2.24) is 10.6 Å². The first-order valence-corrected chi connectivity index (χ1v) is 8.43. The molecule has 1 rings (SSSR count). The number of aliphatic imine (C=N–C) groups is 1. The number of thioether (sulfide) groups is 1. The van der Waals surface area contributed by atoms with E-state index in [2.05, 4.69) is 21.9 Å². The van der Waals surface area contributed by atoms with Gasteiger partial charge < -0.3 is 15.4 Å². The minimum Gasteiger partial charge on any atom is -0.492 e. The van der Waals surface area contributed by atoms with E-state index in [1.165, 1.54) is 0 Å². The molecule has 0 saturated heterocycles. The maximum absolute atomic E-state index is 5.89. The Labute approximate surface area is 130 Å². The molecule has 0 atom stereocenters. The van der Waals surface area contributed by atoms with Crippen LogP contribution < -0.4 is 15.4 Å². The molecule has 4 nitrogen and oxygen atoms in total. The second-order valence-electron chi connectivity index (χ2n) is 3.99. The fraction of sp³-hybridized carbons (Fsp3) is 0.500. The Morgan fingerprint density at radius 1 is 1.40 bits per heavy atom. The van der Waals surface area contributed by atoms with Gasteiger partial charge in [0.15, 0.2) is 5.96 Å². The quantitative estimate of drug-likeness (QED) is 0.440. The Kier molecular flexibility index (Phi) is 9.07. The first kappa shape index (κ1) is 17.0. The molecule has 0 aliphatic carbocycles. The molecule has 0 heterocycles. The summed E-state index contributed by atoms with van der Waals surface area (Å²) in [5, 5.41) is 7.12. The van der Waals surface area contributed by atoms with Gasteiger partial charge in [-0.25, -0.2) is 0 Å². The minimum absolute atomic E-state index is 0.563. The van der Waals surface area contributed by atoms with Gasteiger partial charge in [0.25, 0.3) is 0 Å². The normalized spacial score (nSPS) is 11.2. The van der Waals surface area contributed by atoms with Gasteiger partial charge in [-0.1, -0.05) is 17.7 Å². The van der Waals surface area contributed by atoms with E-state index in [0.717, 1.165) is 30.6 Å². The molecule has 1 aromatic rings. The van der Waals surface area contributed by atoms with Gasteiger partial charge in [-0.15, -0.1) is 0 Å². The van der Waals surface area contributed by atoms with Gasteiger partial charge in [-0.05, 0) is 31.4 Å². The van der Waals surface area contributed by atoms with E-state index >= 15 is 0 Å². The molecule has 0 amide bonds. The zero-order valence-corrected chi connectivity index (χ0v) is 13.6. The van der Waals surface area contributed by atoms with Gasteiger partial charge in [-0.3, -0.25) is 4.99 Å². The van der Waals surface area contributed by atoms with Gasteiger partial charge in [0.05, 0.1) is 13.1 Å². The topological polar surface area (TPSA) is 45.7 Å². The van der Waals surface area contributed by atoms with Crippen LogP contribution in [0, 0.1) is 0 Å². The fourth-order valence-corrected chi connectivity index (χ4v) is 1.94. The SMILES string of the molecule is CCNC(=NCCSC)NCCOc1cccc(Cl)c1. The number of halogens is 1. The molecule has 1 aromatic carbocycles. The van der Waals surface area contributed by atoms with Crippen molar-refractivity contribution in [1.29, 1.82) is 0 Å². The lowest BCUT2D eigenvalue weighted by atomic mass is 10.3. The van der Waals surface area contributed by atoms with Crippen molar-refractivity contribution in [3.05, 3.63) is 29.3 Å². The number of hydrogen-bond acceptors (Lipinski definition) is 3. The minimum atomic E-state index is 0.563. The van der Waals surface area contributed by atoms with Crippen LogP contribution in [0.3, 0.4) is 0 Å². The highest BCUT2D eigenvalue weighted by atomic mass is 35.5. The largest absolute Gasteiger partial charge is 0.492 e. The van der Waals surface area contributed by atoms with E-state index in [1.807, 2.05) is 25.1 Å². The average Bonchev–Trinajstić information content (AvgIpc) is 2.44. The summed E-state index contributed by atoms with van der Waals surface area (Å²) in [5.41, 5.74) is 0. The summed E-state index contributed by atoms with van der Waals surface area (Å²) in [6, 6.07) is 7.40. The van der Waals surface area contributed by atoms with Crippen LogP contribution in [0.4, 0.5) is 0 Å². The van der Waals surface area contributed by atoms with Crippen molar-refractivity contribution < 1.29 is 4.74 Å². The number of guanidine groups is 1. The molecule has 0 aliphatic heterocycles. The van der Waals surface area contributed by atoms with Crippen molar-refractivity contribution in [3.63, 3.8) is 0 Å². The summed E-state index contributed by atoms with van der Waals surface area (Å²) in [7, 11) is 0. The van der Waals surface area contributed by atoms with E-state index < -0.39 is 0 Å². The van der Waals surface area contributed by atoms with Crippen LogP contribution >= 0.6 is 23.4 Å². The Hall–Kier alpha value is -1.07. The first-order chi connectivity index (χ1) is 9.76. The second-order valence-corrected chi connectivity index (χ2v) is 5.41. The molecular weight excluding hydrogens is 294 g/mol. The van der Waals surface area contributed by atoms with Crippen molar-refractivity contribution in [2.45, 2.75) is 6.92 Å². The fourth-order valence-electron chi connectivity index (χ4n) is 1.49. The molecule has 6 heteroatoms. The third-order valence-electron chi connectivity index (χ3n) is 2.37. The highest BCUT2D eigenvalue weighted by Gasteiger charge is 1.98. The van der Waals surface area contributed by atoms with Gasteiger partial charge in [-0.2, -0.15) is 11.8 Å². The number of benzene rings is 1. The predicted molar refractivity (Wildman–Crippen MR) is 89.3 cm³/mol. The standard InChI is InChI=1S/C14H22ClN3OS/c1-3-16-14(18-8-10-20-2)17-7-9-19-13-6-4-5-12(15)11-13/h4-6,11H,3,7-10H2,1-2H3,(H2,16,17,18). The summed E-state index contributed by atoms with van der Waals surface area (Å²) < 4.78 is 5.61. The molecule has 0 spiro atoms. The van der Waals surface area contributed by atoms with Crippen LogP contribution in [0.25, 0.3) is 0 Å². The Bertz CT molecular complexity index is 415. The summed E-state index contributed by atoms with van der Waals surface area (Å²) in [5.74, 6) is 2.63. The molecule has 2 N–H and O–H groups in total. The molecule has 0 aromatic heterocycles. The van der Waals surface area contributed by atoms with Crippen LogP contribution in [0.2, 0.25) is 5.02 Å². The lowest BCUT2D eigenvalue weighted by Gasteiger charge is -2.12. The van der Waals surface area contributed by atoms with E-state index in [-0.39, 0.29) is 0 Å².